The van der Waals surface area contributed by atoms with Crippen LogP contribution >= 0.6 is 0 Å². The first-order valence-electron chi connectivity index (χ1n) is 7.11. The van der Waals surface area contributed by atoms with Gasteiger partial charge in [0.2, 0.25) is 11.8 Å². The van der Waals surface area contributed by atoms with Crippen molar-refractivity contribution in [2.45, 2.75) is 44.4 Å². The van der Waals surface area contributed by atoms with Gasteiger partial charge in [0.25, 0.3) is 0 Å². The average Bonchev–Trinajstić information content (AvgIpc) is 2.61. The molecule has 2 rings (SSSR count). The van der Waals surface area contributed by atoms with Crippen LogP contribution in [0.2, 0.25) is 0 Å². The van der Waals surface area contributed by atoms with Gasteiger partial charge >= 0.3 is 0 Å². The fourth-order valence-corrected chi connectivity index (χ4v) is 4.63. The van der Waals surface area contributed by atoms with E-state index in [2.05, 4.69) is 5.32 Å². The Labute approximate surface area is 119 Å². The summed E-state index contributed by atoms with van der Waals surface area (Å²) in [7, 11) is -3.07. The van der Waals surface area contributed by atoms with Gasteiger partial charge in [-0.3, -0.25) is 9.59 Å². The Kier molecular flexibility index (Phi) is 4.36. The third-order valence-electron chi connectivity index (χ3n) is 4.06. The first-order valence-corrected chi connectivity index (χ1v) is 8.82. The second-order valence-corrected chi connectivity index (χ2v) is 8.36. The minimum Gasteiger partial charge on any atom is -0.344 e. The highest BCUT2D eigenvalue weighted by molar-refractivity contribution is 7.92. The molecule has 0 aromatic rings. The van der Waals surface area contributed by atoms with Crippen molar-refractivity contribution in [3.05, 3.63) is 0 Å². The van der Waals surface area contributed by atoms with Gasteiger partial charge in [0.1, 0.15) is 6.04 Å². The highest BCUT2D eigenvalue weighted by Crippen LogP contribution is 2.22. The minimum atomic E-state index is -3.07. The molecule has 2 amide bonds. The Morgan fingerprint density at radius 3 is 2.60 bits per heavy atom. The largest absolute Gasteiger partial charge is 0.344 e. The van der Waals surface area contributed by atoms with Crippen molar-refractivity contribution in [1.82, 2.24) is 10.2 Å². The van der Waals surface area contributed by atoms with Gasteiger partial charge in [-0.2, -0.15) is 0 Å². The second kappa shape index (κ2) is 5.71. The molecule has 0 aromatic carbocycles. The standard InChI is InChI=1S/C13H22N2O4S/c1-9(2)12-13(17)15(6-5-11(16)14-12)8-10-4-3-7-20(10,18)19/h9-10,12H,3-8H2,1-2H3,(H,14,16). The molecule has 1 N–H and O–H groups in total. The Bertz CT molecular complexity index is 501. The van der Waals surface area contributed by atoms with Crippen LogP contribution in [-0.4, -0.2) is 55.3 Å². The van der Waals surface area contributed by atoms with Crippen LogP contribution in [-0.2, 0) is 19.4 Å². The lowest BCUT2D eigenvalue weighted by Gasteiger charge is -2.27. The third-order valence-corrected chi connectivity index (χ3v) is 6.31. The first-order chi connectivity index (χ1) is 9.31. The van der Waals surface area contributed by atoms with Gasteiger partial charge in [-0.1, -0.05) is 13.8 Å². The van der Waals surface area contributed by atoms with E-state index in [-0.39, 0.29) is 36.5 Å². The zero-order valence-electron chi connectivity index (χ0n) is 12.0. The molecule has 2 saturated heterocycles. The first kappa shape index (κ1) is 15.3. The van der Waals surface area contributed by atoms with Crippen LogP contribution in [0.5, 0.6) is 0 Å². The maximum absolute atomic E-state index is 12.4. The Morgan fingerprint density at radius 2 is 2.05 bits per heavy atom. The highest BCUT2D eigenvalue weighted by atomic mass is 32.2. The monoisotopic (exact) mass is 302 g/mol. The van der Waals surface area contributed by atoms with Crippen LogP contribution in [0.3, 0.4) is 0 Å². The lowest BCUT2D eigenvalue weighted by atomic mass is 10.0. The number of amides is 2. The van der Waals surface area contributed by atoms with Crippen LogP contribution in [0.4, 0.5) is 0 Å². The Balaban J connectivity index is 2.13. The maximum atomic E-state index is 12.4. The zero-order chi connectivity index (χ0) is 14.9. The lowest BCUT2D eigenvalue weighted by molar-refractivity contribution is -0.134. The summed E-state index contributed by atoms with van der Waals surface area (Å²) >= 11 is 0. The number of carbonyl (C=O) groups is 2. The van der Waals surface area contributed by atoms with E-state index in [1.165, 1.54) is 0 Å². The molecule has 0 aromatic heterocycles. The van der Waals surface area contributed by atoms with Crippen LogP contribution in [0, 0.1) is 5.92 Å². The van der Waals surface area contributed by atoms with Gasteiger partial charge in [-0.25, -0.2) is 8.42 Å². The van der Waals surface area contributed by atoms with Gasteiger partial charge in [0.05, 0.1) is 11.0 Å². The summed E-state index contributed by atoms with van der Waals surface area (Å²) in [6, 6.07) is -0.547. The molecular weight excluding hydrogens is 280 g/mol. The van der Waals surface area contributed by atoms with E-state index in [9.17, 15) is 18.0 Å². The van der Waals surface area contributed by atoms with Crippen molar-refractivity contribution in [3.8, 4) is 0 Å². The molecule has 0 aliphatic carbocycles. The van der Waals surface area contributed by atoms with Crippen LogP contribution in [0.15, 0.2) is 0 Å². The number of sulfone groups is 1. The number of hydrogen-bond donors (Lipinski definition) is 1. The molecule has 7 heteroatoms. The van der Waals surface area contributed by atoms with Crippen molar-refractivity contribution in [3.63, 3.8) is 0 Å². The predicted octanol–water partition coefficient (Wildman–Crippen LogP) is -0.0633. The molecular formula is C13H22N2O4S. The fraction of sp³-hybridized carbons (Fsp3) is 0.846. The Morgan fingerprint density at radius 1 is 1.35 bits per heavy atom. The van der Waals surface area contributed by atoms with Crippen molar-refractivity contribution in [2.75, 3.05) is 18.8 Å². The zero-order valence-corrected chi connectivity index (χ0v) is 12.8. The summed E-state index contributed by atoms with van der Waals surface area (Å²) in [5.41, 5.74) is 0. The van der Waals surface area contributed by atoms with Gasteiger partial charge in [0, 0.05) is 19.5 Å². The summed E-state index contributed by atoms with van der Waals surface area (Å²) in [5.74, 6) is -0.0983. The van der Waals surface area contributed by atoms with E-state index in [0.717, 1.165) is 0 Å². The van der Waals surface area contributed by atoms with Crippen LogP contribution < -0.4 is 5.32 Å². The SMILES string of the molecule is CC(C)C1NC(=O)CCN(CC2CCCS2(=O)=O)C1=O. The summed E-state index contributed by atoms with van der Waals surface area (Å²) in [4.78, 5) is 25.6. The van der Waals surface area contributed by atoms with Crippen molar-refractivity contribution < 1.29 is 18.0 Å². The molecule has 0 spiro atoms. The third kappa shape index (κ3) is 3.13. The fourth-order valence-electron chi connectivity index (χ4n) is 2.79. The number of nitrogens with one attached hydrogen (secondary N) is 1. The Hall–Kier alpha value is -1.11. The topological polar surface area (TPSA) is 83.6 Å². The number of rotatable bonds is 3. The van der Waals surface area contributed by atoms with E-state index < -0.39 is 21.1 Å². The van der Waals surface area contributed by atoms with Crippen LogP contribution in [0.25, 0.3) is 0 Å². The molecule has 2 heterocycles. The van der Waals surface area contributed by atoms with E-state index in [4.69, 9.17) is 0 Å². The molecule has 114 valence electrons. The molecule has 0 radical (unpaired) electrons. The van der Waals surface area contributed by atoms with E-state index >= 15 is 0 Å². The van der Waals surface area contributed by atoms with Crippen molar-refractivity contribution in [2.24, 2.45) is 5.92 Å². The number of nitrogens with zero attached hydrogens (tertiary/aromatic N) is 1. The number of hydrogen-bond acceptors (Lipinski definition) is 4. The molecule has 2 aliphatic rings. The molecule has 20 heavy (non-hydrogen) atoms. The van der Waals surface area contributed by atoms with Crippen LogP contribution in [0.1, 0.15) is 33.1 Å². The molecule has 0 bridgehead atoms. The summed E-state index contributed by atoms with van der Waals surface area (Å²) < 4.78 is 23.8. The van der Waals surface area contributed by atoms with E-state index in [1.807, 2.05) is 13.8 Å². The van der Waals surface area contributed by atoms with E-state index in [0.29, 0.717) is 19.4 Å². The number of carbonyl (C=O) groups excluding carboxylic acids is 2. The van der Waals surface area contributed by atoms with Crippen molar-refractivity contribution in [1.29, 1.82) is 0 Å². The van der Waals surface area contributed by atoms with E-state index in [1.54, 1.807) is 4.90 Å². The lowest BCUT2D eigenvalue weighted by Crippen LogP contribution is -2.49. The maximum Gasteiger partial charge on any atom is 0.245 e. The smallest absolute Gasteiger partial charge is 0.245 e. The molecule has 2 atom stereocenters. The summed E-state index contributed by atoms with van der Waals surface area (Å²) in [6.07, 6.45) is 1.52. The van der Waals surface area contributed by atoms with Gasteiger partial charge in [-0.15, -0.1) is 0 Å². The molecule has 6 nitrogen and oxygen atoms in total. The van der Waals surface area contributed by atoms with Gasteiger partial charge in [-0.05, 0) is 18.8 Å². The normalized spacial score (nSPS) is 30.4. The van der Waals surface area contributed by atoms with Gasteiger partial charge in [0.15, 0.2) is 9.84 Å². The quantitative estimate of drug-likeness (QED) is 0.791. The minimum absolute atomic E-state index is 0.00719. The highest BCUT2D eigenvalue weighted by Gasteiger charge is 2.37. The molecule has 2 unspecified atom stereocenters. The molecule has 2 fully saturated rings. The van der Waals surface area contributed by atoms with Gasteiger partial charge < -0.3 is 10.2 Å². The average molecular weight is 302 g/mol. The molecule has 0 saturated carbocycles. The van der Waals surface area contributed by atoms with Crippen molar-refractivity contribution >= 4 is 21.7 Å². The summed E-state index contributed by atoms with van der Waals surface area (Å²) in [6.45, 7) is 4.27. The summed E-state index contributed by atoms with van der Waals surface area (Å²) in [5, 5.41) is 2.26. The second-order valence-electron chi connectivity index (χ2n) is 5.95. The molecule has 2 aliphatic heterocycles. The predicted molar refractivity (Wildman–Crippen MR) is 74.8 cm³/mol.